The Kier molecular flexibility index (Phi) is 5.24. The lowest BCUT2D eigenvalue weighted by Crippen LogP contribution is -2.22. The molecule has 1 rings (SSSR count). The number of carbonyl (C=O) groups excluding carboxylic acids is 1. The van der Waals surface area contributed by atoms with E-state index in [0.29, 0.717) is 5.75 Å². The number of amides is 1. The number of nitro groups is 2. The standard InChI is InChI=1S/C10H11N3O5S/c1-7(14)11-5-6-19-10-8(12(15)16)3-2-4-9(10)13(17)18/h2-4H,5-6H2,1H3,(H,11,14). The van der Waals surface area contributed by atoms with Gasteiger partial charge in [-0.25, -0.2) is 0 Å². The van der Waals surface area contributed by atoms with Crippen molar-refractivity contribution < 1.29 is 14.6 Å². The van der Waals surface area contributed by atoms with Crippen LogP contribution >= 0.6 is 11.8 Å². The number of nitrogens with one attached hydrogen (secondary N) is 1. The number of thioether (sulfide) groups is 1. The zero-order valence-electron chi connectivity index (χ0n) is 9.99. The van der Waals surface area contributed by atoms with Gasteiger partial charge >= 0.3 is 0 Å². The van der Waals surface area contributed by atoms with Crippen molar-refractivity contribution >= 4 is 29.0 Å². The Bertz CT molecular complexity index is 488. The van der Waals surface area contributed by atoms with Crippen molar-refractivity contribution in [3.05, 3.63) is 38.4 Å². The second kappa shape index (κ2) is 6.69. The van der Waals surface area contributed by atoms with Gasteiger partial charge in [0.2, 0.25) is 5.91 Å². The zero-order chi connectivity index (χ0) is 14.4. The molecule has 1 aromatic rings. The molecule has 1 N–H and O–H groups in total. The van der Waals surface area contributed by atoms with E-state index in [4.69, 9.17) is 0 Å². The van der Waals surface area contributed by atoms with E-state index >= 15 is 0 Å². The summed E-state index contributed by atoms with van der Waals surface area (Å²) in [7, 11) is 0. The molecule has 0 fully saturated rings. The summed E-state index contributed by atoms with van der Waals surface area (Å²) in [5, 5.41) is 24.2. The van der Waals surface area contributed by atoms with E-state index in [-0.39, 0.29) is 28.7 Å². The van der Waals surface area contributed by atoms with Crippen LogP contribution in [0.15, 0.2) is 23.1 Å². The molecule has 19 heavy (non-hydrogen) atoms. The van der Waals surface area contributed by atoms with Crippen LogP contribution < -0.4 is 5.32 Å². The van der Waals surface area contributed by atoms with E-state index in [1.165, 1.54) is 25.1 Å². The van der Waals surface area contributed by atoms with Gasteiger partial charge in [0.05, 0.1) is 9.85 Å². The highest BCUT2D eigenvalue weighted by Gasteiger charge is 2.24. The SMILES string of the molecule is CC(=O)NCCSc1c([N+](=O)[O-])cccc1[N+](=O)[O-]. The molecular weight excluding hydrogens is 274 g/mol. The predicted molar refractivity (Wildman–Crippen MR) is 69.2 cm³/mol. The van der Waals surface area contributed by atoms with Crippen molar-refractivity contribution in [2.45, 2.75) is 11.8 Å². The summed E-state index contributed by atoms with van der Waals surface area (Å²) in [5.41, 5.74) is -0.607. The molecule has 0 spiro atoms. The van der Waals surface area contributed by atoms with Crippen LogP contribution in [0.3, 0.4) is 0 Å². The van der Waals surface area contributed by atoms with E-state index in [0.717, 1.165) is 11.8 Å². The van der Waals surface area contributed by atoms with Gasteiger partial charge in [-0.3, -0.25) is 25.0 Å². The first-order chi connectivity index (χ1) is 8.93. The highest BCUT2D eigenvalue weighted by molar-refractivity contribution is 7.99. The van der Waals surface area contributed by atoms with Crippen molar-refractivity contribution in [1.29, 1.82) is 0 Å². The lowest BCUT2D eigenvalue weighted by molar-refractivity contribution is -0.399. The zero-order valence-corrected chi connectivity index (χ0v) is 10.8. The predicted octanol–water partition coefficient (Wildman–Crippen LogP) is 1.73. The Labute approximate surface area is 112 Å². The van der Waals surface area contributed by atoms with E-state index in [1.54, 1.807) is 0 Å². The number of nitrogens with zero attached hydrogens (tertiary/aromatic N) is 2. The molecule has 0 aromatic heterocycles. The smallest absolute Gasteiger partial charge is 0.289 e. The second-order valence-electron chi connectivity index (χ2n) is 3.47. The molecule has 0 atom stereocenters. The molecule has 0 aliphatic heterocycles. The van der Waals surface area contributed by atoms with Gasteiger partial charge in [0.25, 0.3) is 11.4 Å². The molecule has 102 valence electrons. The molecule has 0 saturated carbocycles. The van der Waals surface area contributed by atoms with Gasteiger partial charge in [0.15, 0.2) is 4.90 Å². The average molecular weight is 285 g/mol. The third-order valence-corrected chi connectivity index (χ3v) is 3.20. The molecule has 8 nitrogen and oxygen atoms in total. The van der Waals surface area contributed by atoms with Crippen molar-refractivity contribution in [3.63, 3.8) is 0 Å². The summed E-state index contributed by atoms with van der Waals surface area (Å²) in [6.07, 6.45) is 0. The third kappa shape index (κ3) is 4.21. The minimum atomic E-state index is -0.659. The monoisotopic (exact) mass is 285 g/mol. The van der Waals surface area contributed by atoms with E-state index in [2.05, 4.69) is 5.32 Å². The normalized spacial score (nSPS) is 9.95. The summed E-state index contributed by atoms with van der Waals surface area (Å²) in [5.74, 6) is 0.0864. The van der Waals surface area contributed by atoms with Crippen LogP contribution in [0.25, 0.3) is 0 Å². The van der Waals surface area contributed by atoms with Gasteiger partial charge in [-0.2, -0.15) is 0 Å². The largest absolute Gasteiger partial charge is 0.356 e. The number of nitro benzene ring substituents is 2. The van der Waals surface area contributed by atoms with E-state index in [1.807, 2.05) is 0 Å². The topological polar surface area (TPSA) is 115 Å². The summed E-state index contributed by atoms with van der Waals surface area (Å²) >= 11 is 0.974. The van der Waals surface area contributed by atoms with Crippen LogP contribution in [-0.2, 0) is 4.79 Å². The molecule has 0 aliphatic carbocycles. The molecule has 0 radical (unpaired) electrons. The number of carbonyl (C=O) groups is 1. The summed E-state index contributed by atoms with van der Waals surface area (Å²) in [6.45, 7) is 1.63. The van der Waals surface area contributed by atoms with Crippen LogP contribution in [0, 0.1) is 20.2 Å². The minimum Gasteiger partial charge on any atom is -0.356 e. The molecule has 0 unspecified atom stereocenters. The van der Waals surface area contributed by atoms with Crippen molar-refractivity contribution in [3.8, 4) is 0 Å². The average Bonchev–Trinajstić information content (AvgIpc) is 2.33. The molecule has 9 heteroatoms. The lowest BCUT2D eigenvalue weighted by atomic mass is 10.3. The van der Waals surface area contributed by atoms with Crippen LogP contribution in [0.5, 0.6) is 0 Å². The first kappa shape index (κ1) is 14.9. The fourth-order valence-electron chi connectivity index (χ4n) is 1.33. The van der Waals surface area contributed by atoms with Crippen LogP contribution in [0.1, 0.15) is 6.92 Å². The maximum atomic E-state index is 10.8. The maximum Gasteiger partial charge on any atom is 0.289 e. The Morgan fingerprint density at radius 1 is 1.26 bits per heavy atom. The number of benzene rings is 1. The van der Waals surface area contributed by atoms with Gasteiger partial charge < -0.3 is 5.32 Å². The van der Waals surface area contributed by atoms with Crippen LogP contribution in [0.4, 0.5) is 11.4 Å². The summed E-state index contributed by atoms with van der Waals surface area (Å²) < 4.78 is 0. The van der Waals surface area contributed by atoms with E-state index < -0.39 is 9.85 Å². The molecule has 0 bridgehead atoms. The Morgan fingerprint density at radius 2 is 1.79 bits per heavy atom. The fraction of sp³-hybridized carbons (Fsp3) is 0.300. The third-order valence-electron chi connectivity index (χ3n) is 2.09. The Balaban J connectivity index is 2.92. The number of hydrogen-bond donors (Lipinski definition) is 1. The fourth-order valence-corrected chi connectivity index (χ4v) is 2.32. The molecule has 0 heterocycles. The van der Waals surface area contributed by atoms with Gasteiger partial charge in [-0.1, -0.05) is 0 Å². The highest BCUT2D eigenvalue weighted by Crippen LogP contribution is 2.36. The van der Waals surface area contributed by atoms with E-state index in [9.17, 15) is 25.0 Å². The van der Waals surface area contributed by atoms with Crippen LogP contribution in [0.2, 0.25) is 0 Å². The first-order valence-electron chi connectivity index (χ1n) is 5.22. The Morgan fingerprint density at radius 3 is 2.21 bits per heavy atom. The van der Waals surface area contributed by atoms with Crippen molar-refractivity contribution in [1.82, 2.24) is 5.32 Å². The lowest BCUT2D eigenvalue weighted by Gasteiger charge is -2.04. The molecule has 1 aromatic carbocycles. The molecule has 0 saturated heterocycles. The number of rotatable bonds is 6. The van der Waals surface area contributed by atoms with Gasteiger partial charge in [0, 0.05) is 31.4 Å². The van der Waals surface area contributed by atoms with Gasteiger partial charge in [0.1, 0.15) is 0 Å². The van der Waals surface area contributed by atoms with Gasteiger partial charge in [-0.15, -0.1) is 11.8 Å². The molecule has 1 amide bonds. The minimum absolute atomic E-state index is 0.00264. The summed E-state index contributed by atoms with van der Waals surface area (Å²) in [6, 6.07) is 3.70. The van der Waals surface area contributed by atoms with Crippen LogP contribution in [-0.4, -0.2) is 28.1 Å². The maximum absolute atomic E-state index is 10.8. The quantitative estimate of drug-likeness (QED) is 0.368. The van der Waals surface area contributed by atoms with Crippen molar-refractivity contribution in [2.75, 3.05) is 12.3 Å². The highest BCUT2D eigenvalue weighted by atomic mass is 32.2. The Hall–Kier alpha value is -2.16. The van der Waals surface area contributed by atoms with Crippen molar-refractivity contribution in [2.24, 2.45) is 0 Å². The molecule has 0 aliphatic rings. The number of hydrogen-bond acceptors (Lipinski definition) is 6. The first-order valence-corrected chi connectivity index (χ1v) is 6.21. The summed E-state index contributed by atoms with van der Waals surface area (Å²) in [4.78, 5) is 31.0. The second-order valence-corrected chi connectivity index (χ2v) is 4.58. The van der Waals surface area contributed by atoms with Gasteiger partial charge in [-0.05, 0) is 6.07 Å². The molecular formula is C10H11N3O5S.